The van der Waals surface area contributed by atoms with Crippen molar-refractivity contribution < 1.29 is 28.9 Å². The van der Waals surface area contributed by atoms with Gasteiger partial charge in [-0.05, 0) is 42.0 Å². The fraction of sp³-hybridized carbons (Fsp3) is 0.344. The van der Waals surface area contributed by atoms with Gasteiger partial charge >= 0.3 is 0 Å². The van der Waals surface area contributed by atoms with Crippen LogP contribution in [-0.4, -0.2) is 88.1 Å². The highest BCUT2D eigenvalue weighted by Crippen LogP contribution is 2.31. The molecule has 226 valence electrons. The van der Waals surface area contributed by atoms with Crippen LogP contribution in [0, 0.1) is 5.82 Å². The lowest BCUT2D eigenvalue weighted by Gasteiger charge is -2.39. The number of hydrogen-bond acceptors (Lipinski definition) is 8. The summed E-state index contributed by atoms with van der Waals surface area (Å²) < 4.78 is 26.9. The maximum atomic E-state index is 13.7. The Hall–Kier alpha value is -4.32. The predicted octanol–water partition coefficient (Wildman–Crippen LogP) is 3.31. The lowest BCUT2D eigenvalue weighted by atomic mass is 9.95. The number of aliphatic hydroxyl groups excluding tert-OH is 2. The van der Waals surface area contributed by atoms with Gasteiger partial charge < -0.3 is 29.5 Å². The van der Waals surface area contributed by atoms with Crippen LogP contribution in [0.3, 0.4) is 0 Å². The number of rotatable bonds is 11. The van der Waals surface area contributed by atoms with Crippen molar-refractivity contribution in [1.82, 2.24) is 19.9 Å². The van der Waals surface area contributed by atoms with E-state index >= 15 is 0 Å². The molecule has 2 N–H and O–H groups in total. The van der Waals surface area contributed by atoms with E-state index in [2.05, 4.69) is 10.3 Å². The van der Waals surface area contributed by atoms with Crippen LogP contribution in [0.25, 0.3) is 11.3 Å². The number of amides is 1. The van der Waals surface area contributed by atoms with Crippen LogP contribution in [0.4, 0.5) is 10.1 Å². The van der Waals surface area contributed by atoms with E-state index in [1.165, 1.54) is 16.8 Å². The highest BCUT2D eigenvalue weighted by Gasteiger charge is 2.42. The number of ether oxygens (including phenoxy) is 2. The number of likely N-dealkylation sites (N-methyl/N-ethyl adjacent to an activating group) is 2. The van der Waals surface area contributed by atoms with Gasteiger partial charge in [-0.25, -0.2) is 9.07 Å². The summed E-state index contributed by atoms with van der Waals surface area (Å²) in [6, 6.07) is 23.1. The van der Waals surface area contributed by atoms with Crippen LogP contribution in [0.1, 0.15) is 18.0 Å². The summed E-state index contributed by atoms with van der Waals surface area (Å²) in [5, 5.41) is 29.0. The number of carbonyl (C=O) groups is 1. The molecule has 1 amide bonds. The molecule has 1 aromatic heterocycles. The Bertz CT molecular complexity index is 1490. The summed E-state index contributed by atoms with van der Waals surface area (Å²) in [4.78, 5) is 17.0. The van der Waals surface area contributed by atoms with Crippen molar-refractivity contribution >= 4 is 11.6 Å². The third-order valence-corrected chi connectivity index (χ3v) is 7.67. The van der Waals surface area contributed by atoms with Crippen LogP contribution < -0.4 is 9.64 Å². The second-order valence-corrected chi connectivity index (χ2v) is 10.7. The summed E-state index contributed by atoms with van der Waals surface area (Å²) in [5.41, 5.74) is 3.04. The zero-order valence-corrected chi connectivity index (χ0v) is 24.2. The van der Waals surface area contributed by atoms with E-state index in [0.29, 0.717) is 31.0 Å². The molecule has 4 atom stereocenters. The largest absolute Gasteiger partial charge is 0.489 e. The summed E-state index contributed by atoms with van der Waals surface area (Å²) >= 11 is 0. The van der Waals surface area contributed by atoms with E-state index in [-0.39, 0.29) is 12.3 Å². The monoisotopic (exact) mass is 589 g/mol. The Kier molecular flexibility index (Phi) is 9.65. The number of benzene rings is 3. The topological polar surface area (TPSA) is 113 Å². The molecule has 11 heteroatoms. The molecule has 0 unspecified atom stereocenters. The van der Waals surface area contributed by atoms with Gasteiger partial charge in [0.15, 0.2) is 0 Å². The van der Waals surface area contributed by atoms with E-state index in [0.717, 1.165) is 17.0 Å². The summed E-state index contributed by atoms with van der Waals surface area (Å²) in [6.45, 7) is 1.01. The van der Waals surface area contributed by atoms with Crippen molar-refractivity contribution in [3.8, 4) is 17.0 Å². The van der Waals surface area contributed by atoms with Crippen molar-refractivity contribution in [3.05, 3.63) is 96.4 Å². The Balaban J connectivity index is 1.17. The number of aliphatic hydroxyl groups is 2. The third-order valence-electron chi connectivity index (χ3n) is 7.67. The van der Waals surface area contributed by atoms with E-state index in [1.807, 2.05) is 66.5 Å². The molecular formula is C32H36FN5O5. The van der Waals surface area contributed by atoms with Crippen LogP contribution in [0.5, 0.6) is 5.75 Å². The summed E-state index contributed by atoms with van der Waals surface area (Å²) in [7, 11) is 3.65. The molecule has 5 rings (SSSR count). The molecule has 0 aliphatic carbocycles. The first-order chi connectivity index (χ1) is 20.8. The van der Waals surface area contributed by atoms with Crippen molar-refractivity contribution in [1.29, 1.82) is 0 Å². The Morgan fingerprint density at radius 2 is 1.84 bits per heavy atom. The number of hydrogen-bond donors (Lipinski definition) is 2. The molecule has 0 saturated carbocycles. The first-order valence-corrected chi connectivity index (χ1v) is 14.2. The highest BCUT2D eigenvalue weighted by atomic mass is 19.1. The molecule has 1 saturated heterocycles. The Morgan fingerprint density at radius 3 is 2.56 bits per heavy atom. The quantitative estimate of drug-likeness (QED) is 0.274. The molecule has 0 radical (unpaired) electrons. The minimum absolute atomic E-state index is 0.132. The third kappa shape index (κ3) is 7.37. The standard InChI is InChI=1S/C32H36FN5O5/c1-36(25-11-13-26(14-12-25)42-21-22-7-4-3-5-8-22)15-16-37(2)32(41)29-18-28(31(40)30(20-39)43-29)38-19-27(34-35-38)23-9-6-10-24(33)17-23/h3-14,17,19,28-31,39-40H,15-16,18,20-21H2,1-2H3/t28-,29-,30-,31-/m1/s1. The van der Waals surface area contributed by atoms with E-state index in [1.54, 1.807) is 30.3 Å². The van der Waals surface area contributed by atoms with Gasteiger partial charge in [-0.3, -0.25) is 4.79 Å². The second kappa shape index (κ2) is 13.8. The van der Waals surface area contributed by atoms with Gasteiger partial charge in [0.25, 0.3) is 5.91 Å². The average Bonchev–Trinajstić information content (AvgIpc) is 3.53. The predicted molar refractivity (Wildman–Crippen MR) is 159 cm³/mol. The zero-order valence-electron chi connectivity index (χ0n) is 24.2. The molecule has 0 bridgehead atoms. The number of carbonyl (C=O) groups excluding carboxylic acids is 1. The maximum Gasteiger partial charge on any atom is 0.251 e. The van der Waals surface area contributed by atoms with Crippen molar-refractivity contribution in [2.75, 3.05) is 38.7 Å². The molecule has 43 heavy (non-hydrogen) atoms. The van der Waals surface area contributed by atoms with Crippen molar-refractivity contribution in [3.63, 3.8) is 0 Å². The molecule has 2 heterocycles. The molecule has 1 aliphatic heterocycles. The number of nitrogens with zero attached hydrogens (tertiary/aromatic N) is 5. The van der Waals surface area contributed by atoms with Crippen LogP contribution in [-0.2, 0) is 16.1 Å². The normalized spacial score (nSPS) is 20.0. The number of aromatic nitrogens is 3. The SMILES string of the molecule is CN(CCN(C)c1ccc(OCc2ccccc2)cc1)C(=O)[C@H]1C[C@@H](n2cc(-c3cccc(F)c3)nn2)[C@@H](O)[C@@H](CO)O1. The van der Waals surface area contributed by atoms with Gasteiger partial charge in [-0.1, -0.05) is 47.7 Å². The fourth-order valence-electron chi connectivity index (χ4n) is 5.07. The summed E-state index contributed by atoms with van der Waals surface area (Å²) in [5.74, 6) is 0.106. The molecule has 3 aromatic carbocycles. The van der Waals surface area contributed by atoms with Gasteiger partial charge in [-0.2, -0.15) is 0 Å². The molecule has 0 spiro atoms. The van der Waals surface area contributed by atoms with E-state index in [9.17, 15) is 19.4 Å². The van der Waals surface area contributed by atoms with Gasteiger partial charge in [0.05, 0.1) is 18.8 Å². The number of anilines is 1. The Labute approximate surface area is 249 Å². The van der Waals surface area contributed by atoms with E-state index < -0.39 is 36.8 Å². The van der Waals surface area contributed by atoms with Crippen molar-refractivity contribution in [2.24, 2.45) is 0 Å². The van der Waals surface area contributed by atoms with Crippen LogP contribution in [0.15, 0.2) is 85.1 Å². The van der Waals surface area contributed by atoms with E-state index in [4.69, 9.17) is 9.47 Å². The first-order valence-electron chi connectivity index (χ1n) is 14.2. The molecule has 4 aromatic rings. The molecule has 10 nitrogen and oxygen atoms in total. The van der Waals surface area contributed by atoms with Gasteiger partial charge in [0.2, 0.25) is 0 Å². The minimum Gasteiger partial charge on any atom is -0.489 e. The van der Waals surface area contributed by atoms with Gasteiger partial charge in [-0.15, -0.1) is 5.10 Å². The highest BCUT2D eigenvalue weighted by molar-refractivity contribution is 5.81. The molecule has 1 fully saturated rings. The minimum atomic E-state index is -1.12. The average molecular weight is 590 g/mol. The van der Waals surface area contributed by atoms with Gasteiger partial charge in [0.1, 0.15) is 42.2 Å². The zero-order chi connectivity index (χ0) is 30.3. The maximum absolute atomic E-state index is 13.7. The first kappa shape index (κ1) is 30.1. The van der Waals surface area contributed by atoms with Crippen molar-refractivity contribution in [2.45, 2.75) is 37.4 Å². The lowest BCUT2D eigenvalue weighted by Crippen LogP contribution is -2.53. The lowest BCUT2D eigenvalue weighted by molar-refractivity contribution is -0.177. The van der Waals surface area contributed by atoms with Crippen LogP contribution in [0.2, 0.25) is 0 Å². The van der Waals surface area contributed by atoms with Gasteiger partial charge in [0, 0.05) is 44.9 Å². The molecular weight excluding hydrogens is 553 g/mol. The summed E-state index contributed by atoms with van der Waals surface area (Å²) in [6.07, 6.45) is -1.27. The number of halogens is 1. The second-order valence-electron chi connectivity index (χ2n) is 10.7. The Morgan fingerprint density at radius 1 is 1.07 bits per heavy atom. The molecule has 1 aliphatic rings. The van der Waals surface area contributed by atoms with Crippen LogP contribution >= 0.6 is 0 Å². The fourth-order valence-corrected chi connectivity index (χ4v) is 5.07. The smallest absolute Gasteiger partial charge is 0.251 e.